The van der Waals surface area contributed by atoms with Gasteiger partial charge in [0.15, 0.2) is 0 Å². The molecule has 0 saturated carbocycles. The maximum Gasteiger partial charge on any atom is 0.251 e. The number of nitrogens with one attached hydrogen (secondary N) is 1. The normalized spacial score (nSPS) is 16.9. The predicted molar refractivity (Wildman–Crippen MR) is 96.6 cm³/mol. The van der Waals surface area contributed by atoms with E-state index in [9.17, 15) is 4.79 Å². The summed E-state index contributed by atoms with van der Waals surface area (Å²) < 4.78 is 5.70. The Bertz CT molecular complexity index is 741. The van der Waals surface area contributed by atoms with Crippen molar-refractivity contribution in [2.24, 2.45) is 0 Å². The maximum absolute atomic E-state index is 12.6. The number of carbonyl (C=O) groups is 1. The van der Waals surface area contributed by atoms with Crippen LogP contribution in [0.2, 0.25) is 0 Å². The zero-order valence-corrected chi connectivity index (χ0v) is 14.8. The number of ether oxygens (including phenoxy) is 1. The minimum atomic E-state index is -0.0326. The summed E-state index contributed by atoms with van der Waals surface area (Å²) in [5.74, 6) is 0.843. The summed E-state index contributed by atoms with van der Waals surface area (Å²) in [5.41, 5.74) is 4.26. The molecule has 0 aromatic heterocycles. The fourth-order valence-corrected chi connectivity index (χ4v) is 3.03. The van der Waals surface area contributed by atoms with Gasteiger partial charge in [0, 0.05) is 17.5 Å². The Kier molecular flexibility index (Phi) is 4.35. The fourth-order valence-electron chi connectivity index (χ4n) is 3.03. The molecule has 1 aliphatic heterocycles. The van der Waals surface area contributed by atoms with Crippen LogP contribution in [-0.4, -0.2) is 12.5 Å². The van der Waals surface area contributed by atoms with Crippen molar-refractivity contribution in [1.82, 2.24) is 5.32 Å². The Morgan fingerprint density at radius 2 is 1.83 bits per heavy atom. The van der Waals surface area contributed by atoms with Crippen LogP contribution in [0, 0.1) is 6.92 Å². The minimum Gasteiger partial charge on any atom is -0.493 e. The van der Waals surface area contributed by atoms with E-state index in [0.29, 0.717) is 12.2 Å². The first-order chi connectivity index (χ1) is 11.3. The molecule has 0 saturated heterocycles. The van der Waals surface area contributed by atoms with Gasteiger partial charge in [-0.05, 0) is 36.1 Å². The number of hydrogen-bond donors (Lipinski definition) is 1. The van der Waals surface area contributed by atoms with E-state index in [0.717, 1.165) is 17.7 Å². The molecule has 126 valence electrons. The quantitative estimate of drug-likeness (QED) is 0.881. The van der Waals surface area contributed by atoms with E-state index in [1.165, 1.54) is 11.1 Å². The molecule has 0 spiro atoms. The van der Waals surface area contributed by atoms with Gasteiger partial charge >= 0.3 is 0 Å². The molecule has 1 atom stereocenters. The molecule has 0 radical (unpaired) electrons. The van der Waals surface area contributed by atoms with E-state index in [4.69, 9.17) is 4.74 Å². The second-order valence-corrected chi connectivity index (χ2v) is 7.53. The lowest BCUT2D eigenvalue weighted by atomic mass is 9.86. The molecule has 0 fully saturated rings. The van der Waals surface area contributed by atoms with E-state index >= 15 is 0 Å². The Morgan fingerprint density at radius 1 is 1.12 bits per heavy atom. The van der Waals surface area contributed by atoms with Crippen LogP contribution in [0.5, 0.6) is 5.75 Å². The van der Waals surface area contributed by atoms with Crippen LogP contribution < -0.4 is 10.1 Å². The van der Waals surface area contributed by atoms with Crippen molar-refractivity contribution in [3.05, 3.63) is 64.7 Å². The van der Waals surface area contributed by atoms with Crippen LogP contribution in [0.1, 0.15) is 60.3 Å². The second-order valence-electron chi connectivity index (χ2n) is 7.53. The Labute approximate surface area is 144 Å². The van der Waals surface area contributed by atoms with Crippen LogP contribution in [-0.2, 0) is 5.41 Å². The standard InChI is InChI=1S/C21H25NO2/c1-14-5-10-19-17(13-14)18(11-12-24-19)22-20(23)15-6-8-16(9-7-15)21(2,3)4/h5-10,13,18H,11-12H2,1-4H3,(H,22,23). The van der Waals surface area contributed by atoms with Gasteiger partial charge in [-0.15, -0.1) is 0 Å². The molecule has 1 N–H and O–H groups in total. The number of aryl methyl sites for hydroxylation is 1. The molecule has 3 rings (SSSR count). The van der Waals surface area contributed by atoms with E-state index < -0.39 is 0 Å². The SMILES string of the molecule is Cc1ccc2c(c1)C(NC(=O)c1ccc(C(C)(C)C)cc1)CCO2. The van der Waals surface area contributed by atoms with E-state index in [1.807, 2.05) is 36.4 Å². The molecule has 1 heterocycles. The molecule has 1 aliphatic rings. The summed E-state index contributed by atoms with van der Waals surface area (Å²) in [6, 6.07) is 14.0. The zero-order valence-electron chi connectivity index (χ0n) is 14.8. The number of fused-ring (bicyclic) bond motifs is 1. The summed E-state index contributed by atoms with van der Waals surface area (Å²) >= 11 is 0. The van der Waals surface area contributed by atoms with E-state index in [1.54, 1.807) is 0 Å². The molecule has 24 heavy (non-hydrogen) atoms. The molecule has 1 unspecified atom stereocenters. The van der Waals surface area contributed by atoms with Gasteiger partial charge in [0.1, 0.15) is 5.75 Å². The fraction of sp³-hybridized carbons (Fsp3) is 0.381. The van der Waals surface area contributed by atoms with Crippen LogP contribution in [0.4, 0.5) is 0 Å². The third-order valence-corrected chi connectivity index (χ3v) is 4.52. The first-order valence-corrected chi connectivity index (χ1v) is 8.49. The summed E-state index contributed by atoms with van der Waals surface area (Å²) in [6.45, 7) is 9.19. The minimum absolute atomic E-state index is 0.00319. The van der Waals surface area contributed by atoms with Crippen LogP contribution in [0.25, 0.3) is 0 Å². The van der Waals surface area contributed by atoms with Crippen molar-refractivity contribution in [2.75, 3.05) is 6.61 Å². The lowest BCUT2D eigenvalue weighted by Crippen LogP contribution is -2.32. The average Bonchev–Trinajstić information content (AvgIpc) is 2.54. The van der Waals surface area contributed by atoms with Gasteiger partial charge in [-0.2, -0.15) is 0 Å². The summed E-state index contributed by atoms with van der Waals surface area (Å²) in [6.07, 6.45) is 0.794. The first-order valence-electron chi connectivity index (χ1n) is 8.49. The topological polar surface area (TPSA) is 38.3 Å². The van der Waals surface area contributed by atoms with Gasteiger partial charge in [0.25, 0.3) is 5.91 Å². The van der Waals surface area contributed by atoms with Gasteiger partial charge in [-0.1, -0.05) is 50.6 Å². The summed E-state index contributed by atoms with van der Waals surface area (Å²) in [5, 5.41) is 3.16. The van der Waals surface area contributed by atoms with Crippen molar-refractivity contribution in [3.8, 4) is 5.75 Å². The van der Waals surface area contributed by atoms with Crippen LogP contribution in [0.3, 0.4) is 0 Å². The van der Waals surface area contributed by atoms with E-state index in [2.05, 4.69) is 39.1 Å². The average molecular weight is 323 g/mol. The van der Waals surface area contributed by atoms with Gasteiger partial charge in [-0.25, -0.2) is 0 Å². The summed E-state index contributed by atoms with van der Waals surface area (Å²) in [4.78, 5) is 12.6. The van der Waals surface area contributed by atoms with Gasteiger partial charge in [-0.3, -0.25) is 4.79 Å². The van der Waals surface area contributed by atoms with Crippen LogP contribution >= 0.6 is 0 Å². The lowest BCUT2D eigenvalue weighted by molar-refractivity contribution is 0.0924. The van der Waals surface area contributed by atoms with Crippen molar-refractivity contribution >= 4 is 5.91 Å². The lowest BCUT2D eigenvalue weighted by Gasteiger charge is -2.27. The highest BCUT2D eigenvalue weighted by Crippen LogP contribution is 2.33. The Balaban J connectivity index is 1.78. The van der Waals surface area contributed by atoms with E-state index in [-0.39, 0.29) is 17.4 Å². The number of rotatable bonds is 2. The summed E-state index contributed by atoms with van der Waals surface area (Å²) in [7, 11) is 0. The molecular formula is C21H25NO2. The number of amides is 1. The Hall–Kier alpha value is -2.29. The second kappa shape index (κ2) is 6.31. The highest BCUT2D eigenvalue weighted by molar-refractivity contribution is 5.94. The number of hydrogen-bond acceptors (Lipinski definition) is 2. The molecule has 1 amide bonds. The van der Waals surface area contributed by atoms with Gasteiger partial charge in [0.2, 0.25) is 0 Å². The monoisotopic (exact) mass is 323 g/mol. The molecule has 3 heteroatoms. The smallest absolute Gasteiger partial charge is 0.251 e. The van der Waals surface area contributed by atoms with Crippen molar-refractivity contribution in [1.29, 1.82) is 0 Å². The number of benzene rings is 2. The Morgan fingerprint density at radius 3 is 2.50 bits per heavy atom. The highest BCUT2D eigenvalue weighted by Gasteiger charge is 2.23. The maximum atomic E-state index is 12.6. The van der Waals surface area contributed by atoms with Crippen molar-refractivity contribution in [2.45, 2.75) is 45.6 Å². The van der Waals surface area contributed by atoms with Crippen molar-refractivity contribution in [3.63, 3.8) is 0 Å². The third kappa shape index (κ3) is 3.45. The molecule has 0 bridgehead atoms. The van der Waals surface area contributed by atoms with Gasteiger partial charge < -0.3 is 10.1 Å². The third-order valence-electron chi connectivity index (χ3n) is 4.52. The van der Waals surface area contributed by atoms with Crippen molar-refractivity contribution < 1.29 is 9.53 Å². The van der Waals surface area contributed by atoms with Gasteiger partial charge in [0.05, 0.1) is 12.6 Å². The molecule has 2 aromatic rings. The number of carbonyl (C=O) groups excluding carboxylic acids is 1. The molecular weight excluding hydrogens is 298 g/mol. The predicted octanol–water partition coefficient (Wildman–Crippen LogP) is 4.55. The highest BCUT2D eigenvalue weighted by atomic mass is 16.5. The molecule has 0 aliphatic carbocycles. The largest absolute Gasteiger partial charge is 0.493 e. The first kappa shape index (κ1) is 16.6. The zero-order chi connectivity index (χ0) is 17.3. The molecule has 2 aromatic carbocycles. The van der Waals surface area contributed by atoms with Crippen LogP contribution in [0.15, 0.2) is 42.5 Å². The molecule has 3 nitrogen and oxygen atoms in total.